The highest BCUT2D eigenvalue weighted by Crippen LogP contribution is 2.73. The molecule has 24 heavy (non-hydrogen) atoms. The molecule has 5 rings (SSSR count). The Morgan fingerprint density at radius 1 is 1.25 bits per heavy atom. The van der Waals surface area contributed by atoms with Crippen molar-refractivity contribution in [2.45, 2.75) is 83.5 Å². The molecule has 1 heterocycles. The van der Waals surface area contributed by atoms with Crippen molar-refractivity contribution in [1.29, 1.82) is 0 Å². The molecule has 0 aromatic rings. The van der Waals surface area contributed by atoms with Gasteiger partial charge in [-0.05, 0) is 74.2 Å². The first-order chi connectivity index (χ1) is 11.3. The molecule has 0 radical (unpaired) electrons. The molecule has 5 aliphatic rings. The van der Waals surface area contributed by atoms with Crippen molar-refractivity contribution in [1.82, 2.24) is 0 Å². The van der Waals surface area contributed by atoms with Gasteiger partial charge in [0.1, 0.15) is 5.60 Å². The van der Waals surface area contributed by atoms with Gasteiger partial charge >= 0.3 is 0 Å². The average Bonchev–Trinajstić information content (AvgIpc) is 3.08. The molecule has 4 fully saturated rings. The van der Waals surface area contributed by atoms with Gasteiger partial charge in [-0.25, -0.2) is 0 Å². The molecule has 1 saturated heterocycles. The van der Waals surface area contributed by atoms with E-state index in [0.717, 1.165) is 44.1 Å². The quantitative estimate of drug-likeness (QED) is 0.747. The van der Waals surface area contributed by atoms with E-state index in [0.29, 0.717) is 23.9 Å². The van der Waals surface area contributed by atoms with Crippen molar-refractivity contribution >= 4 is 5.78 Å². The molecule has 1 aliphatic heterocycles. The first-order valence-corrected chi connectivity index (χ1v) is 9.89. The van der Waals surface area contributed by atoms with Crippen molar-refractivity contribution in [2.24, 2.45) is 28.6 Å². The Balaban J connectivity index is 1.50. The van der Waals surface area contributed by atoms with E-state index in [1.54, 1.807) is 6.92 Å². The first kappa shape index (κ1) is 15.6. The van der Waals surface area contributed by atoms with E-state index in [1.807, 2.05) is 0 Å². The zero-order valence-electron chi connectivity index (χ0n) is 15.2. The number of carbonyl (C=O) groups excluding carboxylic acids is 1. The first-order valence-electron chi connectivity index (χ1n) is 9.89. The molecule has 0 aromatic carbocycles. The van der Waals surface area contributed by atoms with E-state index >= 15 is 0 Å². The summed E-state index contributed by atoms with van der Waals surface area (Å²) >= 11 is 0. The molecule has 0 aromatic heterocycles. The molecule has 1 spiro atoms. The monoisotopic (exact) mass is 330 g/mol. The number of ketones is 1. The highest BCUT2D eigenvalue weighted by atomic mass is 16.6. The summed E-state index contributed by atoms with van der Waals surface area (Å²) in [4.78, 5) is 12.1. The maximum absolute atomic E-state index is 12.1. The Kier molecular flexibility index (Phi) is 2.94. The number of aliphatic hydroxyl groups is 1. The number of epoxide rings is 1. The fourth-order valence-corrected chi connectivity index (χ4v) is 7.77. The normalized spacial score (nSPS) is 58.0. The maximum Gasteiger partial charge on any atom is 0.156 e. The fourth-order valence-electron chi connectivity index (χ4n) is 7.77. The van der Waals surface area contributed by atoms with E-state index in [9.17, 15) is 9.90 Å². The molecule has 4 aliphatic carbocycles. The van der Waals surface area contributed by atoms with Crippen LogP contribution in [0.15, 0.2) is 11.6 Å². The summed E-state index contributed by atoms with van der Waals surface area (Å²) in [6, 6.07) is 0. The van der Waals surface area contributed by atoms with Crippen LogP contribution < -0.4 is 0 Å². The number of hydrogen-bond donors (Lipinski definition) is 1. The molecule has 132 valence electrons. The second kappa shape index (κ2) is 4.54. The van der Waals surface area contributed by atoms with E-state index < -0.39 is 0 Å². The minimum absolute atomic E-state index is 0.0327. The lowest BCUT2D eigenvalue weighted by atomic mass is 9.44. The second-order valence-electron chi connectivity index (χ2n) is 9.79. The van der Waals surface area contributed by atoms with Gasteiger partial charge < -0.3 is 9.84 Å². The Morgan fingerprint density at radius 2 is 2.04 bits per heavy atom. The van der Waals surface area contributed by atoms with Gasteiger partial charge in [0.25, 0.3) is 0 Å². The summed E-state index contributed by atoms with van der Waals surface area (Å²) in [5, 5.41) is 10.2. The van der Waals surface area contributed by atoms with Crippen LogP contribution in [0.3, 0.4) is 0 Å². The van der Waals surface area contributed by atoms with Gasteiger partial charge in [0.2, 0.25) is 0 Å². The van der Waals surface area contributed by atoms with Crippen molar-refractivity contribution in [3.63, 3.8) is 0 Å². The number of carbonyl (C=O) groups is 1. The molecule has 8 atom stereocenters. The third kappa shape index (κ3) is 1.64. The highest BCUT2D eigenvalue weighted by Gasteiger charge is 2.75. The van der Waals surface area contributed by atoms with Crippen LogP contribution in [0.5, 0.6) is 0 Å². The van der Waals surface area contributed by atoms with Gasteiger partial charge in [0.05, 0.1) is 12.2 Å². The van der Waals surface area contributed by atoms with Crippen LogP contribution in [0.1, 0.15) is 65.7 Å². The van der Waals surface area contributed by atoms with E-state index in [-0.39, 0.29) is 28.3 Å². The summed E-state index contributed by atoms with van der Waals surface area (Å²) < 4.78 is 6.35. The maximum atomic E-state index is 12.1. The molecule has 3 nitrogen and oxygen atoms in total. The summed E-state index contributed by atoms with van der Waals surface area (Å²) in [6.07, 6.45) is 9.87. The van der Waals surface area contributed by atoms with Gasteiger partial charge in [-0.15, -0.1) is 0 Å². The number of aliphatic hydroxyl groups excluding tert-OH is 1. The molecule has 0 bridgehead atoms. The van der Waals surface area contributed by atoms with E-state index in [1.165, 1.54) is 6.42 Å². The topological polar surface area (TPSA) is 49.8 Å². The summed E-state index contributed by atoms with van der Waals surface area (Å²) in [7, 11) is 0. The van der Waals surface area contributed by atoms with Gasteiger partial charge in [0.15, 0.2) is 5.78 Å². The van der Waals surface area contributed by atoms with Crippen LogP contribution in [0.2, 0.25) is 0 Å². The van der Waals surface area contributed by atoms with Gasteiger partial charge in [-0.1, -0.05) is 19.9 Å². The van der Waals surface area contributed by atoms with Crippen LogP contribution in [-0.2, 0) is 9.53 Å². The average molecular weight is 330 g/mol. The van der Waals surface area contributed by atoms with Gasteiger partial charge in [0, 0.05) is 11.8 Å². The third-order valence-corrected chi connectivity index (χ3v) is 9.02. The lowest BCUT2D eigenvalue weighted by Gasteiger charge is -2.58. The van der Waals surface area contributed by atoms with E-state index in [4.69, 9.17) is 4.74 Å². The SMILES string of the molecule is CC(=O)C1=CC[C@H]2[C@@H]3C[C@H]4O[C@]45C[C@@H](O)CC[C@]5(C)[C@H]3CC[C@]12C. The van der Waals surface area contributed by atoms with Crippen molar-refractivity contribution in [3.05, 3.63) is 11.6 Å². The molecule has 3 heteroatoms. The van der Waals surface area contributed by atoms with Crippen LogP contribution in [0, 0.1) is 28.6 Å². The molecular formula is C21H30O3. The Labute approximate surface area is 144 Å². The minimum Gasteiger partial charge on any atom is -0.393 e. The number of hydrogen-bond acceptors (Lipinski definition) is 3. The smallest absolute Gasteiger partial charge is 0.156 e. The van der Waals surface area contributed by atoms with Crippen molar-refractivity contribution in [3.8, 4) is 0 Å². The van der Waals surface area contributed by atoms with Crippen LogP contribution in [0.4, 0.5) is 0 Å². The Hall–Kier alpha value is -0.670. The van der Waals surface area contributed by atoms with E-state index in [2.05, 4.69) is 19.9 Å². The summed E-state index contributed by atoms with van der Waals surface area (Å²) in [5.74, 6) is 2.26. The number of allylic oxidation sites excluding steroid dienone is 2. The lowest BCUT2D eigenvalue weighted by Crippen LogP contribution is -2.58. The standard InChI is InChI=1S/C21H30O3/c1-12(22)15-4-5-16-14-10-18-21(24-18)11-13(23)6-9-20(21,3)17(14)7-8-19(15,16)2/h4,13-14,16-18,23H,5-11H2,1-3H3/t13-,14-,16-,17-,18+,19+,20+,21+/m0/s1. The summed E-state index contributed by atoms with van der Waals surface area (Å²) in [6.45, 7) is 6.54. The van der Waals surface area contributed by atoms with Gasteiger partial charge in [-0.2, -0.15) is 0 Å². The number of ether oxygens (including phenoxy) is 1. The molecule has 1 N–H and O–H groups in total. The van der Waals surface area contributed by atoms with Crippen molar-refractivity contribution < 1.29 is 14.6 Å². The molecule has 3 saturated carbocycles. The lowest BCUT2D eigenvalue weighted by molar-refractivity contribution is -0.119. The highest BCUT2D eigenvalue weighted by molar-refractivity contribution is 5.95. The third-order valence-electron chi connectivity index (χ3n) is 9.02. The number of Topliss-reactive ketones (excluding diaryl/α,β-unsaturated/α-hetero) is 1. The Morgan fingerprint density at radius 3 is 2.79 bits per heavy atom. The van der Waals surface area contributed by atoms with Gasteiger partial charge in [-0.3, -0.25) is 4.79 Å². The number of rotatable bonds is 1. The van der Waals surface area contributed by atoms with Crippen molar-refractivity contribution in [2.75, 3.05) is 0 Å². The second-order valence-corrected chi connectivity index (χ2v) is 9.79. The summed E-state index contributed by atoms with van der Waals surface area (Å²) in [5.41, 5.74) is 1.38. The Bertz CT molecular complexity index is 639. The largest absolute Gasteiger partial charge is 0.393 e. The van der Waals surface area contributed by atoms with Crippen LogP contribution in [0.25, 0.3) is 0 Å². The fraction of sp³-hybridized carbons (Fsp3) is 0.857. The molecule has 0 amide bonds. The van der Waals surface area contributed by atoms with Crippen LogP contribution in [-0.4, -0.2) is 28.7 Å². The predicted molar refractivity (Wildman–Crippen MR) is 91.4 cm³/mol. The zero-order chi connectivity index (χ0) is 16.9. The predicted octanol–water partition coefficient (Wildman–Crippen LogP) is 3.65. The molecular weight excluding hydrogens is 300 g/mol. The molecule has 0 unspecified atom stereocenters. The minimum atomic E-state index is -0.175. The number of fused-ring (bicyclic) bond motifs is 4. The zero-order valence-corrected chi connectivity index (χ0v) is 15.2. The van der Waals surface area contributed by atoms with Crippen LogP contribution >= 0.6 is 0 Å².